The van der Waals surface area contributed by atoms with Crippen molar-refractivity contribution in [1.82, 2.24) is 0 Å². The fourth-order valence-electron chi connectivity index (χ4n) is 4.59. The molecule has 0 aliphatic rings. The molecular formula is C31H67BrMgO. The normalized spacial score (nSPS) is 10.4. The van der Waals surface area contributed by atoms with Crippen LogP contribution >= 0.6 is 17.0 Å². The zero-order valence-electron chi connectivity index (χ0n) is 24.6. The monoisotopic (exact) mass is 558 g/mol. The first-order valence-corrected chi connectivity index (χ1v) is 17.9. The number of halogens is 1. The quantitative estimate of drug-likeness (QED) is 0.0718. The standard InChI is InChI=1S/C17H35.C10H21.C4H10O.BrH.Mg/c1-3-5-7-9-11-13-15-17-16-14-12-10-8-6-4-2;1-3-5-7-9-10-8-6-4-2;1-3-5-4-2;;/h1,3-17H2,2H3;1,3-10H2,2H3;3-4H2,1-2H3;1H;. The highest BCUT2D eigenvalue weighted by Crippen LogP contribution is 2.14. The summed E-state index contributed by atoms with van der Waals surface area (Å²) in [7, 11) is 0. The molecular weight excluding hydrogens is 493 g/mol. The Morgan fingerprint density at radius 2 is 0.588 bits per heavy atom. The van der Waals surface area contributed by atoms with E-state index in [1.807, 2.05) is 13.8 Å². The van der Waals surface area contributed by atoms with E-state index in [2.05, 4.69) is 13.8 Å². The molecule has 0 amide bonds. The zero-order valence-corrected chi connectivity index (χ0v) is 27.7. The highest BCUT2D eigenvalue weighted by Gasteiger charge is 1.98. The van der Waals surface area contributed by atoms with Crippen LogP contribution in [0.25, 0.3) is 0 Å². The van der Waals surface area contributed by atoms with Gasteiger partial charge in [-0.2, -0.15) is 0 Å². The summed E-state index contributed by atoms with van der Waals surface area (Å²) in [6, 6.07) is 0. The third-order valence-electron chi connectivity index (χ3n) is 6.87. The Bertz CT molecular complexity index is 273. The van der Waals surface area contributed by atoms with Gasteiger partial charge in [-0.15, -0.1) is 26.1 Å². The molecule has 0 heterocycles. The van der Waals surface area contributed by atoms with Gasteiger partial charge in [0, 0.05) is 13.2 Å². The van der Waals surface area contributed by atoms with Gasteiger partial charge in [0.25, 0.3) is 0 Å². The maximum Gasteiger partial charge on any atom is 0.364 e. The van der Waals surface area contributed by atoms with Crippen molar-refractivity contribution in [3.05, 3.63) is 0 Å². The third-order valence-corrected chi connectivity index (χ3v) is 8.87. The summed E-state index contributed by atoms with van der Waals surface area (Å²) in [6.07, 6.45) is 34.3. The van der Waals surface area contributed by atoms with Gasteiger partial charge in [-0.25, -0.2) is 0 Å². The molecule has 0 aliphatic heterocycles. The minimum absolute atomic E-state index is 0. The van der Waals surface area contributed by atoms with Crippen molar-refractivity contribution < 1.29 is 4.74 Å². The lowest BCUT2D eigenvalue weighted by Gasteiger charge is -2.04. The van der Waals surface area contributed by atoms with Crippen LogP contribution in [-0.2, 0) is 4.74 Å². The Labute approximate surface area is 238 Å². The van der Waals surface area contributed by atoms with Crippen LogP contribution in [0.3, 0.4) is 0 Å². The van der Waals surface area contributed by atoms with Crippen molar-refractivity contribution in [1.29, 1.82) is 0 Å². The van der Waals surface area contributed by atoms with Gasteiger partial charge in [0.05, 0.1) is 0 Å². The predicted octanol–water partition coefficient (Wildman–Crippen LogP) is 12.2. The molecule has 206 valence electrons. The molecule has 0 aromatic carbocycles. The first-order valence-electron chi connectivity index (χ1n) is 15.9. The van der Waals surface area contributed by atoms with E-state index in [-0.39, 0.29) is 17.0 Å². The van der Waals surface area contributed by atoms with Crippen LogP contribution in [0.4, 0.5) is 0 Å². The molecule has 3 heteroatoms. The van der Waals surface area contributed by atoms with Crippen LogP contribution in [0.2, 0.25) is 9.10 Å². The molecule has 0 atom stereocenters. The SMILES string of the molecule is Br.CCCCCCCCCCCCCCCC[CH2][Mg][CH2]CCCCCCCCC.CCOCC. The van der Waals surface area contributed by atoms with Gasteiger partial charge in [-0.3, -0.25) is 0 Å². The summed E-state index contributed by atoms with van der Waals surface area (Å²) in [5.41, 5.74) is 0. The Kier molecular flexibility index (Phi) is 48.3. The number of unbranched alkanes of at least 4 members (excludes halogenated alkanes) is 21. The van der Waals surface area contributed by atoms with Crippen molar-refractivity contribution in [2.45, 2.75) is 184 Å². The van der Waals surface area contributed by atoms with E-state index in [4.69, 9.17) is 4.74 Å². The van der Waals surface area contributed by atoms with Gasteiger partial charge in [-0.05, 0) is 13.8 Å². The molecule has 0 saturated carbocycles. The first kappa shape index (κ1) is 39.7. The van der Waals surface area contributed by atoms with Gasteiger partial charge in [0.15, 0.2) is 0 Å². The molecule has 0 aliphatic carbocycles. The van der Waals surface area contributed by atoms with Gasteiger partial charge in [0.2, 0.25) is 0 Å². The van der Waals surface area contributed by atoms with E-state index in [9.17, 15) is 0 Å². The Morgan fingerprint density at radius 3 is 0.794 bits per heavy atom. The van der Waals surface area contributed by atoms with Crippen LogP contribution < -0.4 is 0 Å². The summed E-state index contributed by atoms with van der Waals surface area (Å²) in [5.74, 6) is 0. The maximum absolute atomic E-state index is 4.83. The minimum atomic E-state index is 0. The molecule has 0 saturated heterocycles. The Balaban J connectivity index is -0.00000144. The van der Waals surface area contributed by atoms with Crippen LogP contribution in [0, 0.1) is 0 Å². The summed E-state index contributed by atoms with van der Waals surface area (Å²) < 4.78 is 8.10. The maximum atomic E-state index is 4.83. The molecule has 0 N–H and O–H groups in total. The lowest BCUT2D eigenvalue weighted by molar-refractivity contribution is 0.162. The zero-order chi connectivity index (χ0) is 24.5. The van der Waals surface area contributed by atoms with Crippen LogP contribution in [0.5, 0.6) is 0 Å². The van der Waals surface area contributed by atoms with Gasteiger partial charge >= 0.3 is 20.4 Å². The molecule has 0 spiro atoms. The second-order valence-electron chi connectivity index (χ2n) is 10.3. The smallest absolute Gasteiger partial charge is 0.364 e. The van der Waals surface area contributed by atoms with Crippen molar-refractivity contribution in [2.24, 2.45) is 0 Å². The predicted molar refractivity (Wildman–Crippen MR) is 165 cm³/mol. The molecule has 0 unspecified atom stereocenters. The molecule has 1 nitrogen and oxygen atoms in total. The molecule has 0 aromatic heterocycles. The molecule has 0 bridgehead atoms. The Hall–Kier alpha value is 1.21. The lowest BCUT2D eigenvalue weighted by Crippen LogP contribution is -1.90. The van der Waals surface area contributed by atoms with Crippen LogP contribution in [-0.4, -0.2) is 33.6 Å². The summed E-state index contributed by atoms with van der Waals surface area (Å²) >= 11 is 0.300. The topological polar surface area (TPSA) is 9.23 Å². The number of ether oxygens (including phenoxy) is 1. The van der Waals surface area contributed by atoms with E-state index >= 15 is 0 Å². The second-order valence-corrected chi connectivity index (χ2v) is 12.4. The largest absolute Gasteiger partial charge is 0.382 e. The molecule has 0 fully saturated rings. The van der Waals surface area contributed by atoms with Crippen molar-refractivity contribution in [2.75, 3.05) is 13.2 Å². The van der Waals surface area contributed by atoms with Crippen molar-refractivity contribution >= 4 is 37.3 Å². The third kappa shape index (κ3) is 43.3. The van der Waals surface area contributed by atoms with Crippen molar-refractivity contribution in [3.63, 3.8) is 0 Å². The fourth-order valence-corrected chi connectivity index (χ4v) is 6.36. The van der Waals surface area contributed by atoms with Crippen molar-refractivity contribution in [3.8, 4) is 0 Å². The highest BCUT2D eigenvalue weighted by atomic mass is 79.9. The molecule has 0 rings (SSSR count). The fraction of sp³-hybridized carbons (Fsp3) is 1.00. The summed E-state index contributed by atoms with van der Waals surface area (Å²) in [4.78, 5) is 0. The van der Waals surface area contributed by atoms with E-state index in [1.54, 1.807) is 21.9 Å². The van der Waals surface area contributed by atoms with Gasteiger partial charge < -0.3 is 4.74 Å². The molecule has 0 radical (unpaired) electrons. The van der Waals surface area contributed by atoms with E-state index in [0.29, 0.717) is 20.4 Å². The summed E-state index contributed by atoms with van der Waals surface area (Å²) in [6.45, 7) is 10.3. The lowest BCUT2D eigenvalue weighted by atomic mass is 10.0. The van der Waals surface area contributed by atoms with Crippen LogP contribution in [0.1, 0.15) is 175 Å². The van der Waals surface area contributed by atoms with Gasteiger partial charge in [-0.1, -0.05) is 162 Å². The number of rotatable bonds is 27. The first-order chi connectivity index (χ1) is 16.3. The van der Waals surface area contributed by atoms with E-state index in [0.717, 1.165) is 13.2 Å². The number of hydrogen-bond donors (Lipinski definition) is 0. The number of hydrogen-bond acceptors (Lipinski definition) is 1. The minimum Gasteiger partial charge on any atom is -0.382 e. The molecule has 0 aromatic rings. The highest BCUT2D eigenvalue weighted by molar-refractivity contribution is 8.93. The van der Waals surface area contributed by atoms with E-state index in [1.165, 1.54) is 135 Å². The van der Waals surface area contributed by atoms with Crippen LogP contribution in [0.15, 0.2) is 0 Å². The van der Waals surface area contributed by atoms with Gasteiger partial charge in [0.1, 0.15) is 0 Å². The van der Waals surface area contributed by atoms with E-state index < -0.39 is 0 Å². The molecule has 34 heavy (non-hydrogen) atoms. The second kappa shape index (κ2) is 41.3. The average molecular weight is 560 g/mol. The summed E-state index contributed by atoms with van der Waals surface area (Å²) in [5, 5.41) is 0. The average Bonchev–Trinajstić information content (AvgIpc) is 2.83. The Morgan fingerprint density at radius 1 is 0.353 bits per heavy atom.